The standard InChI is InChI=1S/C20H24N2O3S/c1-2-13-26(24,25)22-17-10-5-9-16(14-17)20(23)21-19-12-6-8-15-7-3-4-11-18(15)19/h5-6,8-10,12,14,22H,2-4,7,11,13H2,1H3,(H,21,23). The summed E-state index contributed by atoms with van der Waals surface area (Å²) in [5, 5.41) is 2.99. The van der Waals surface area contributed by atoms with Crippen molar-refractivity contribution in [3.8, 4) is 0 Å². The van der Waals surface area contributed by atoms with Crippen LogP contribution in [0.15, 0.2) is 42.5 Å². The number of hydrogen-bond acceptors (Lipinski definition) is 3. The zero-order valence-corrected chi connectivity index (χ0v) is 15.7. The third-order valence-corrected chi connectivity index (χ3v) is 6.01. The van der Waals surface area contributed by atoms with Crippen molar-refractivity contribution in [2.75, 3.05) is 15.8 Å². The van der Waals surface area contributed by atoms with Crippen LogP contribution >= 0.6 is 0 Å². The lowest BCUT2D eigenvalue weighted by Gasteiger charge is -2.19. The maximum atomic E-state index is 12.7. The number of nitrogens with one attached hydrogen (secondary N) is 2. The molecule has 1 aliphatic rings. The zero-order valence-electron chi connectivity index (χ0n) is 14.9. The number of carbonyl (C=O) groups excluding carboxylic acids is 1. The number of amides is 1. The first-order chi connectivity index (χ1) is 12.5. The van der Waals surface area contributed by atoms with Crippen LogP contribution in [0.4, 0.5) is 11.4 Å². The smallest absolute Gasteiger partial charge is 0.255 e. The fraction of sp³-hybridized carbons (Fsp3) is 0.350. The summed E-state index contributed by atoms with van der Waals surface area (Å²) in [4.78, 5) is 12.7. The van der Waals surface area contributed by atoms with Gasteiger partial charge in [-0.25, -0.2) is 8.42 Å². The molecule has 0 aliphatic heterocycles. The molecular formula is C20H24N2O3S. The molecule has 6 heteroatoms. The largest absolute Gasteiger partial charge is 0.322 e. The van der Waals surface area contributed by atoms with Gasteiger partial charge in [0, 0.05) is 16.9 Å². The maximum Gasteiger partial charge on any atom is 0.255 e. The van der Waals surface area contributed by atoms with Gasteiger partial charge in [-0.15, -0.1) is 0 Å². The van der Waals surface area contributed by atoms with Crippen LogP contribution in [0.3, 0.4) is 0 Å². The summed E-state index contributed by atoms with van der Waals surface area (Å²) in [7, 11) is -3.38. The van der Waals surface area contributed by atoms with Crippen molar-refractivity contribution in [1.29, 1.82) is 0 Å². The van der Waals surface area contributed by atoms with Crippen LogP contribution in [-0.2, 0) is 22.9 Å². The Bertz CT molecular complexity index is 907. The van der Waals surface area contributed by atoms with Gasteiger partial charge >= 0.3 is 0 Å². The fourth-order valence-corrected chi connectivity index (χ4v) is 4.44. The molecule has 5 nitrogen and oxygen atoms in total. The van der Waals surface area contributed by atoms with E-state index in [0.29, 0.717) is 17.7 Å². The molecule has 1 amide bonds. The summed E-state index contributed by atoms with van der Waals surface area (Å²) in [6, 6.07) is 12.6. The molecule has 0 saturated carbocycles. The second-order valence-electron chi connectivity index (χ2n) is 6.61. The van der Waals surface area contributed by atoms with Gasteiger partial charge in [0.2, 0.25) is 10.0 Å². The van der Waals surface area contributed by atoms with E-state index >= 15 is 0 Å². The molecule has 0 unspecified atom stereocenters. The lowest BCUT2D eigenvalue weighted by Crippen LogP contribution is -2.18. The molecule has 0 heterocycles. The van der Waals surface area contributed by atoms with Crippen molar-refractivity contribution in [2.24, 2.45) is 0 Å². The highest BCUT2D eigenvalue weighted by molar-refractivity contribution is 7.92. The van der Waals surface area contributed by atoms with E-state index in [1.165, 1.54) is 17.5 Å². The molecule has 26 heavy (non-hydrogen) atoms. The van der Waals surface area contributed by atoms with E-state index in [1.54, 1.807) is 24.3 Å². The van der Waals surface area contributed by atoms with Crippen molar-refractivity contribution in [3.63, 3.8) is 0 Å². The van der Waals surface area contributed by atoms with Crippen LogP contribution in [0.2, 0.25) is 0 Å². The predicted molar refractivity (Wildman–Crippen MR) is 105 cm³/mol. The third kappa shape index (κ3) is 4.43. The minimum atomic E-state index is -3.38. The minimum absolute atomic E-state index is 0.0551. The number of rotatable bonds is 6. The van der Waals surface area contributed by atoms with E-state index < -0.39 is 10.0 Å². The SMILES string of the molecule is CCCS(=O)(=O)Nc1cccc(C(=O)Nc2cccc3c2CCCC3)c1. The topological polar surface area (TPSA) is 75.3 Å². The Kier molecular flexibility index (Phi) is 5.61. The Hall–Kier alpha value is -2.34. The molecule has 3 rings (SSSR count). The molecule has 0 saturated heterocycles. The fourth-order valence-electron chi connectivity index (χ4n) is 3.32. The highest BCUT2D eigenvalue weighted by Crippen LogP contribution is 2.28. The number of benzene rings is 2. The first-order valence-corrected chi connectivity index (χ1v) is 10.7. The van der Waals surface area contributed by atoms with Crippen molar-refractivity contribution in [2.45, 2.75) is 39.0 Å². The Morgan fingerprint density at radius 3 is 2.65 bits per heavy atom. The number of hydrogen-bond donors (Lipinski definition) is 2. The van der Waals surface area contributed by atoms with E-state index in [1.807, 2.05) is 19.1 Å². The van der Waals surface area contributed by atoms with E-state index in [9.17, 15) is 13.2 Å². The van der Waals surface area contributed by atoms with Crippen LogP contribution in [0, 0.1) is 0 Å². The average Bonchev–Trinajstić information content (AvgIpc) is 2.62. The van der Waals surface area contributed by atoms with Gasteiger partial charge in [0.05, 0.1) is 5.75 Å². The number of anilines is 2. The average molecular weight is 372 g/mol. The van der Waals surface area contributed by atoms with E-state index in [4.69, 9.17) is 0 Å². The molecule has 0 fully saturated rings. The van der Waals surface area contributed by atoms with E-state index in [-0.39, 0.29) is 11.7 Å². The molecule has 2 aromatic rings. The first kappa shape index (κ1) is 18.5. The number of sulfonamides is 1. The molecule has 1 aliphatic carbocycles. The van der Waals surface area contributed by atoms with Crippen molar-refractivity contribution < 1.29 is 13.2 Å². The molecule has 138 valence electrons. The molecule has 2 N–H and O–H groups in total. The summed E-state index contributed by atoms with van der Waals surface area (Å²) < 4.78 is 26.4. The Morgan fingerprint density at radius 1 is 1.08 bits per heavy atom. The van der Waals surface area contributed by atoms with E-state index in [0.717, 1.165) is 24.9 Å². The van der Waals surface area contributed by atoms with Gasteiger partial charge in [-0.2, -0.15) is 0 Å². The third-order valence-electron chi connectivity index (χ3n) is 4.52. The van der Waals surface area contributed by atoms with Crippen LogP contribution < -0.4 is 10.0 Å². The first-order valence-electron chi connectivity index (χ1n) is 9.01. The van der Waals surface area contributed by atoms with Gasteiger partial charge in [0.25, 0.3) is 5.91 Å². The normalized spacial score (nSPS) is 13.7. The lowest BCUT2D eigenvalue weighted by molar-refractivity contribution is 0.102. The van der Waals surface area contributed by atoms with Crippen LogP contribution in [0.5, 0.6) is 0 Å². The molecule has 0 atom stereocenters. The molecule has 0 bridgehead atoms. The quantitative estimate of drug-likeness (QED) is 0.806. The van der Waals surface area contributed by atoms with Crippen LogP contribution in [0.25, 0.3) is 0 Å². The number of carbonyl (C=O) groups is 1. The summed E-state index contributed by atoms with van der Waals surface area (Å²) >= 11 is 0. The Labute approximate surface area is 154 Å². The highest BCUT2D eigenvalue weighted by Gasteiger charge is 2.16. The summed E-state index contributed by atoms with van der Waals surface area (Å²) in [5.41, 5.74) is 4.20. The Balaban J connectivity index is 1.78. The molecular weight excluding hydrogens is 348 g/mol. The second-order valence-corrected chi connectivity index (χ2v) is 8.45. The van der Waals surface area contributed by atoms with Crippen molar-refractivity contribution in [3.05, 3.63) is 59.2 Å². The predicted octanol–water partition coefficient (Wildman–Crippen LogP) is 3.97. The van der Waals surface area contributed by atoms with Gasteiger partial charge in [0.1, 0.15) is 0 Å². The van der Waals surface area contributed by atoms with Crippen molar-refractivity contribution >= 4 is 27.3 Å². The summed E-state index contributed by atoms with van der Waals surface area (Å²) in [6.07, 6.45) is 4.88. The molecule has 0 radical (unpaired) electrons. The number of fused-ring (bicyclic) bond motifs is 1. The summed E-state index contributed by atoms with van der Waals surface area (Å²) in [5.74, 6) is -0.181. The van der Waals surface area contributed by atoms with Crippen LogP contribution in [0.1, 0.15) is 47.7 Å². The van der Waals surface area contributed by atoms with Gasteiger partial charge in [0.15, 0.2) is 0 Å². The van der Waals surface area contributed by atoms with E-state index in [2.05, 4.69) is 16.1 Å². The molecule has 2 aromatic carbocycles. The highest BCUT2D eigenvalue weighted by atomic mass is 32.2. The maximum absolute atomic E-state index is 12.7. The molecule has 0 aromatic heterocycles. The monoisotopic (exact) mass is 372 g/mol. The van der Waals surface area contributed by atoms with Gasteiger partial charge < -0.3 is 5.32 Å². The Morgan fingerprint density at radius 2 is 1.85 bits per heavy atom. The van der Waals surface area contributed by atoms with Gasteiger partial charge in [-0.05, 0) is 67.5 Å². The van der Waals surface area contributed by atoms with Gasteiger partial charge in [-0.1, -0.05) is 25.1 Å². The lowest BCUT2D eigenvalue weighted by atomic mass is 9.90. The molecule has 0 spiro atoms. The second kappa shape index (κ2) is 7.91. The zero-order chi connectivity index (χ0) is 18.6. The minimum Gasteiger partial charge on any atom is -0.322 e. The van der Waals surface area contributed by atoms with Crippen molar-refractivity contribution in [1.82, 2.24) is 0 Å². The summed E-state index contributed by atoms with van der Waals surface area (Å²) in [6.45, 7) is 1.81. The number of aryl methyl sites for hydroxylation is 1. The van der Waals surface area contributed by atoms with Crippen LogP contribution in [-0.4, -0.2) is 20.1 Å². The van der Waals surface area contributed by atoms with Gasteiger partial charge in [-0.3, -0.25) is 9.52 Å².